The molecule has 0 bridgehead atoms. The average Bonchev–Trinajstić information content (AvgIpc) is 1.88. The maximum absolute atomic E-state index is 10.4. The molecule has 0 heterocycles. The van der Waals surface area contributed by atoms with E-state index in [1.54, 1.807) is 18.2 Å². The monoisotopic (exact) mass is 198 g/mol. The second-order valence-corrected chi connectivity index (χ2v) is 3.33. The van der Waals surface area contributed by atoms with Crippen LogP contribution in [0, 0.1) is 0 Å². The van der Waals surface area contributed by atoms with Crippen LogP contribution >= 0.6 is 0 Å². The Balaban J connectivity index is 3.07. The third-order valence-electron chi connectivity index (χ3n) is 1.13. The summed E-state index contributed by atoms with van der Waals surface area (Å²) in [6.07, 6.45) is 0. The molecule has 0 fully saturated rings. The van der Waals surface area contributed by atoms with E-state index in [1.807, 2.05) is 6.07 Å². The van der Waals surface area contributed by atoms with Crippen LogP contribution in [0.2, 0.25) is 0 Å². The van der Waals surface area contributed by atoms with Crippen LogP contribution in [0.15, 0.2) is 24.3 Å². The summed E-state index contributed by atoms with van der Waals surface area (Å²) in [5, 5.41) is 8.52. The van der Waals surface area contributed by atoms with Crippen LogP contribution in [-0.2, 0) is 0 Å². The Morgan fingerprint density at radius 2 is 2.20 bits per heavy atom. The fraction of sp³-hybridized carbons (Fsp3) is 0. The number of carbonyl (C=O) groups is 1. The van der Waals surface area contributed by atoms with Gasteiger partial charge in [-0.15, -0.1) is 0 Å². The van der Waals surface area contributed by atoms with E-state index in [4.69, 9.17) is 5.11 Å². The molecule has 2 nitrogen and oxygen atoms in total. The van der Waals surface area contributed by atoms with Crippen molar-refractivity contribution < 1.29 is 9.90 Å². The number of rotatable bonds is 1. The summed E-state index contributed by atoms with van der Waals surface area (Å²) in [5.74, 6) is -0.862. The predicted molar refractivity (Wildman–Crippen MR) is 41.6 cm³/mol. The van der Waals surface area contributed by atoms with E-state index >= 15 is 0 Å². The molecule has 1 atom stereocenters. The van der Waals surface area contributed by atoms with E-state index in [0.717, 1.165) is 4.35 Å². The molecule has 0 aromatic heterocycles. The predicted octanol–water partition coefficient (Wildman–Crippen LogP) is -0.357. The normalized spacial score (nSPS) is 9.30. The Hall–Kier alpha value is -0.752. The maximum atomic E-state index is 10.4. The molecule has 1 aromatic carbocycles. The second-order valence-electron chi connectivity index (χ2n) is 1.93. The first-order valence-corrected chi connectivity index (χ1v) is 4.00. The SMILES string of the molecule is O=C(O)c1cccc([AsH2])c1. The van der Waals surface area contributed by atoms with Crippen molar-refractivity contribution >= 4 is 27.2 Å². The Bertz CT molecular complexity index is 258. The zero-order valence-corrected chi connectivity index (χ0v) is 7.66. The van der Waals surface area contributed by atoms with Crippen LogP contribution in [-0.4, -0.2) is 27.9 Å². The summed E-state index contributed by atoms with van der Waals surface area (Å²) in [6, 6.07) is 6.90. The molecule has 0 saturated heterocycles. The average molecular weight is 198 g/mol. The summed E-state index contributed by atoms with van der Waals surface area (Å²) >= 11 is 1.43. The Labute approximate surface area is 67.4 Å². The molecular weight excluding hydrogens is 191 g/mol. The molecule has 10 heavy (non-hydrogen) atoms. The Morgan fingerprint density at radius 1 is 1.50 bits per heavy atom. The third kappa shape index (κ3) is 1.61. The van der Waals surface area contributed by atoms with Crippen molar-refractivity contribution in [3.8, 4) is 0 Å². The van der Waals surface area contributed by atoms with E-state index in [1.165, 1.54) is 16.9 Å². The number of hydrogen-bond donors (Lipinski definition) is 1. The van der Waals surface area contributed by atoms with Crippen LogP contribution in [0.5, 0.6) is 0 Å². The van der Waals surface area contributed by atoms with Gasteiger partial charge in [0.2, 0.25) is 0 Å². The van der Waals surface area contributed by atoms with E-state index in [0.29, 0.717) is 5.56 Å². The zero-order chi connectivity index (χ0) is 7.56. The number of hydrogen-bond acceptors (Lipinski definition) is 1. The first kappa shape index (κ1) is 7.36. The fourth-order valence-corrected chi connectivity index (χ4v) is 1.28. The van der Waals surface area contributed by atoms with Gasteiger partial charge < -0.3 is 0 Å². The minimum absolute atomic E-state index is 0.363. The van der Waals surface area contributed by atoms with E-state index < -0.39 is 5.97 Å². The molecule has 0 amide bonds. The van der Waals surface area contributed by atoms with E-state index in [-0.39, 0.29) is 0 Å². The molecule has 0 aliphatic heterocycles. The topological polar surface area (TPSA) is 37.3 Å². The molecule has 0 spiro atoms. The molecule has 1 rings (SSSR count). The van der Waals surface area contributed by atoms with Crippen molar-refractivity contribution in [3.63, 3.8) is 0 Å². The number of aromatic carboxylic acids is 1. The number of carboxylic acids is 1. The molecule has 0 saturated carbocycles. The summed E-state index contributed by atoms with van der Waals surface area (Å²) < 4.78 is 1.03. The van der Waals surface area contributed by atoms with Gasteiger partial charge in [0.15, 0.2) is 0 Å². The van der Waals surface area contributed by atoms with Gasteiger partial charge in [-0.1, -0.05) is 0 Å². The van der Waals surface area contributed by atoms with Crippen molar-refractivity contribution in [1.82, 2.24) is 0 Å². The Kier molecular flexibility index (Phi) is 2.13. The van der Waals surface area contributed by atoms with Crippen LogP contribution in [0.25, 0.3) is 0 Å². The molecule has 0 aliphatic rings. The van der Waals surface area contributed by atoms with Crippen molar-refractivity contribution in [2.75, 3.05) is 0 Å². The van der Waals surface area contributed by atoms with Gasteiger partial charge in [-0.2, -0.15) is 0 Å². The molecule has 0 aliphatic carbocycles. The van der Waals surface area contributed by atoms with Crippen molar-refractivity contribution in [1.29, 1.82) is 0 Å². The molecule has 1 unspecified atom stereocenters. The van der Waals surface area contributed by atoms with Gasteiger partial charge in [0.1, 0.15) is 0 Å². The second kappa shape index (κ2) is 2.89. The quantitative estimate of drug-likeness (QED) is 0.626. The fourth-order valence-electron chi connectivity index (χ4n) is 0.672. The molecular formula is C7H7AsO2. The first-order chi connectivity index (χ1) is 4.70. The molecule has 52 valence electrons. The van der Waals surface area contributed by atoms with Gasteiger partial charge in [0, 0.05) is 0 Å². The van der Waals surface area contributed by atoms with E-state index in [2.05, 4.69) is 0 Å². The van der Waals surface area contributed by atoms with Crippen molar-refractivity contribution in [2.45, 2.75) is 0 Å². The van der Waals surface area contributed by atoms with Gasteiger partial charge in [-0.05, 0) is 0 Å². The van der Waals surface area contributed by atoms with Crippen molar-refractivity contribution in [3.05, 3.63) is 29.8 Å². The van der Waals surface area contributed by atoms with Crippen LogP contribution in [0.3, 0.4) is 0 Å². The van der Waals surface area contributed by atoms with Gasteiger partial charge in [-0.25, -0.2) is 0 Å². The number of carboxylic acid groups (broad SMARTS) is 1. The third-order valence-corrected chi connectivity index (χ3v) is 1.89. The summed E-state index contributed by atoms with van der Waals surface area (Å²) in [5.41, 5.74) is 0.363. The number of benzene rings is 1. The van der Waals surface area contributed by atoms with Gasteiger partial charge >= 0.3 is 66.9 Å². The van der Waals surface area contributed by atoms with Crippen LogP contribution < -0.4 is 4.35 Å². The minimum atomic E-state index is -0.862. The summed E-state index contributed by atoms with van der Waals surface area (Å²) in [7, 11) is 0. The summed E-state index contributed by atoms with van der Waals surface area (Å²) in [6.45, 7) is 0. The standard InChI is InChI=1S/C7H7AsO2/c8-6-3-1-2-5(4-6)7(9)10/h1-4H,8H2,(H,9,10). The Morgan fingerprint density at radius 3 is 2.60 bits per heavy atom. The zero-order valence-electron chi connectivity index (χ0n) is 5.24. The van der Waals surface area contributed by atoms with Crippen molar-refractivity contribution in [2.24, 2.45) is 0 Å². The molecule has 1 aromatic rings. The molecule has 1 N–H and O–H groups in total. The van der Waals surface area contributed by atoms with E-state index in [9.17, 15) is 4.79 Å². The summed E-state index contributed by atoms with van der Waals surface area (Å²) in [4.78, 5) is 10.4. The molecule has 0 radical (unpaired) electrons. The first-order valence-electron chi connectivity index (χ1n) is 2.79. The molecule has 3 heteroatoms. The van der Waals surface area contributed by atoms with Gasteiger partial charge in [0.05, 0.1) is 0 Å². The van der Waals surface area contributed by atoms with Crippen LogP contribution in [0.4, 0.5) is 0 Å². The van der Waals surface area contributed by atoms with Gasteiger partial charge in [0.25, 0.3) is 0 Å². The van der Waals surface area contributed by atoms with Crippen LogP contribution in [0.1, 0.15) is 10.4 Å². The van der Waals surface area contributed by atoms with Gasteiger partial charge in [-0.3, -0.25) is 0 Å².